The van der Waals surface area contributed by atoms with Gasteiger partial charge in [0.05, 0.1) is 45.2 Å². The van der Waals surface area contributed by atoms with E-state index in [1.54, 1.807) is 0 Å². The van der Waals surface area contributed by atoms with Crippen LogP contribution in [-0.2, 0) is 0 Å². The number of para-hydroxylation sites is 4. The van der Waals surface area contributed by atoms with Crippen molar-refractivity contribution in [2.24, 2.45) is 0 Å². The van der Waals surface area contributed by atoms with Crippen LogP contribution in [0.5, 0.6) is 0 Å². The van der Waals surface area contributed by atoms with Gasteiger partial charge in [0.15, 0.2) is 0 Å². The second kappa shape index (κ2) is 18.8. The number of hydrogen-bond donors (Lipinski definition) is 0. The molecule has 0 bridgehead atoms. The van der Waals surface area contributed by atoms with E-state index in [9.17, 15) is 0 Å². The molecule has 0 aliphatic heterocycles. The highest BCUT2D eigenvalue weighted by Gasteiger charge is 2.32. The maximum absolute atomic E-state index is 5.92. The van der Waals surface area contributed by atoms with E-state index in [-0.39, 0.29) is 0 Å². The minimum Gasteiger partial charge on any atom is -0.309 e. The smallest absolute Gasteiger partial charge is 0.133 e. The first-order chi connectivity index (χ1) is 39.0. The van der Waals surface area contributed by atoms with Gasteiger partial charge in [-0.25, -0.2) is 9.97 Å². The molecule has 0 aliphatic rings. The fraction of sp³-hybridized carbons (Fsp3) is 0.0286. The number of anilines is 6. The second-order valence-corrected chi connectivity index (χ2v) is 20.7. The third-order valence-electron chi connectivity index (χ3n) is 15.3. The van der Waals surface area contributed by atoms with Gasteiger partial charge in [-0.05, 0) is 111 Å². The summed E-state index contributed by atoms with van der Waals surface area (Å²) in [5.74, 6) is 0. The molecule has 0 saturated heterocycles. The molecule has 79 heavy (non-hydrogen) atoms. The van der Waals surface area contributed by atoms with Crippen LogP contribution < -0.4 is 9.80 Å². The van der Waals surface area contributed by atoms with E-state index in [4.69, 9.17) is 18.7 Å². The van der Waals surface area contributed by atoms with Crippen LogP contribution >= 0.6 is 11.7 Å². The summed E-state index contributed by atoms with van der Waals surface area (Å²) in [6.45, 7) is 4.25. The van der Waals surface area contributed by atoms with Gasteiger partial charge in [0, 0.05) is 66.8 Å². The topological polar surface area (TPSA) is 67.9 Å². The molecule has 15 rings (SSSR count). The molecule has 4 aromatic heterocycles. The van der Waals surface area contributed by atoms with Crippen molar-refractivity contribution in [3.05, 3.63) is 266 Å². The van der Waals surface area contributed by atoms with Crippen LogP contribution in [0.1, 0.15) is 11.1 Å². The molecule has 0 amide bonds. The van der Waals surface area contributed by atoms with Crippen molar-refractivity contribution in [3.63, 3.8) is 0 Å². The first kappa shape index (κ1) is 46.1. The summed E-state index contributed by atoms with van der Waals surface area (Å²) in [6, 6.07) is 90.5. The van der Waals surface area contributed by atoms with Crippen molar-refractivity contribution >= 4 is 112 Å². The van der Waals surface area contributed by atoms with Crippen LogP contribution in [-0.4, -0.2) is 27.8 Å². The van der Waals surface area contributed by atoms with E-state index >= 15 is 0 Å². The van der Waals surface area contributed by atoms with Gasteiger partial charge >= 0.3 is 0 Å². The Morgan fingerprint density at radius 2 is 0.595 bits per heavy atom. The monoisotopic (exact) mass is 1030 g/mol. The molecule has 0 radical (unpaired) electrons. The van der Waals surface area contributed by atoms with Crippen LogP contribution in [0.15, 0.2) is 255 Å². The number of hydrogen-bond acceptors (Lipinski definition) is 7. The lowest BCUT2D eigenvalue weighted by molar-refractivity contribution is 1.17. The van der Waals surface area contributed by atoms with E-state index in [2.05, 4.69) is 275 Å². The number of aromatic nitrogens is 6. The van der Waals surface area contributed by atoms with Crippen molar-refractivity contribution in [3.8, 4) is 33.9 Å². The highest BCUT2D eigenvalue weighted by molar-refractivity contribution is 7.00. The minimum absolute atomic E-state index is 0.680. The third-order valence-corrected chi connectivity index (χ3v) is 15.8. The fourth-order valence-corrected chi connectivity index (χ4v) is 12.2. The number of benzene rings is 11. The standard InChI is InChI=1S/C70H48N8S/c1-45-29-33-49(34-30-45)75(51-37-41-53(42-38-51)77-59-25-13-9-21-55(59)56-22-10-14-26-60(56)77)69-65-66(72-64(48-19-7-4-8-20-48)63(71-65)47-17-5-3-6-18-47)70(68-67(69)73-79-74-68)76(50-35-31-46(2)32-36-50)52-39-43-54(44-40-52)78-61-27-15-11-23-57(61)58-24-12-16-28-62(58)78/h3-44H,1-2H3. The van der Waals surface area contributed by atoms with Gasteiger partial charge in [0.25, 0.3) is 0 Å². The molecule has 0 spiro atoms. The highest BCUT2D eigenvalue weighted by Crippen LogP contribution is 2.51. The van der Waals surface area contributed by atoms with E-state index < -0.39 is 0 Å². The zero-order valence-corrected chi connectivity index (χ0v) is 44.1. The van der Waals surface area contributed by atoms with Gasteiger partial charge in [0.2, 0.25) is 0 Å². The number of aryl methyl sites for hydroxylation is 2. The fourth-order valence-electron chi connectivity index (χ4n) is 11.6. The molecule has 15 aromatic rings. The third kappa shape index (κ3) is 7.65. The molecule has 4 heterocycles. The van der Waals surface area contributed by atoms with Crippen LogP contribution in [0.3, 0.4) is 0 Å². The van der Waals surface area contributed by atoms with Crippen LogP contribution in [0, 0.1) is 13.8 Å². The summed E-state index contributed by atoms with van der Waals surface area (Å²) in [6.07, 6.45) is 0. The van der Waals surface area contributed by atoms with Crippen molar-refractivity contribution in [1.82, 2.24) is 27.8 Å². The Balaban J connectivity index is 1.01. The Morgan fingerprint density at radius 3 is 0.924 bits per heavy atom. The quantitative estimate of drug-likeness (QED) is 0.127. The number of fused-ring (bicyclic) bond motifs is 8. The Labute approximate surface area is 460 Å². The Morgan fingerprint density at radius 1 is 0.304 bits per heavy atom. The first-order valence-electron chi connectivity index (χ1n) is 26.6. The number of rotatable bonds is 10. The SMILES string of the molecule is Cc1ccc(N(c2ccc(-n3c4ccccc4c4ccccc43)cc2)c2c3nsnc3c(N(c3ccc(C)cc3)c3ccc(-n4c5ccccc5c5ccccc54)cc3)c3nc(-c4ccccc4)c(-c4ccccc4)nc23)cc1. The molecule has 0 aliphatic carbocycles. The van der Waals surface area contributed by atoms with E-state index in [1.807, 2.05) is 12.1 Å². The maximum atomic E-state index is 5.92. The highest BCUT2D eigenvalue weighted by atomic mass is 32.1. The maximum Gasteiger partial charge on any atom is 0.133 e. The zero-order chi connectivity index (χ0) is 52.6. The summed E-state index contributed by atoms with van der Waals surface area (Å²) < 4.78 is 15.3. The summed E-state index contributed by atoms with van der Waals surface area (Å²) in [5, 5.41) is 4.87. The lowest BCUT2D eigenvalue weighted by Crippen LogP contribution is -2.16. The molecule has 8 nitrogen and oxygen atoms in total. The lowest BCUT2D eigenvalue weighted by Gasteiger charge is -2.31. The molecule has 0 atom stereocenters. The number of nitrogens with zero attached hydrogens (tertiary/aromatic N) is 8. The van der Waals surface area contributed by atoms with E-state index in [0.717, 1.165) is 101 Å². The molecule has 374 valence electrons. The van der Waals surface area contributed by atoms with Gasteiger partial charge in [-0.3, -0.25) is 0 Å². The molecular weight excluding hydrogens is 985 g/mol. The predicted molar refractivity (Wildman–Crippen MR) is 329 cm³/mol. The molecule has 0 unspecified atom stereocenters. The normalized spacial score (nSPS) is 11.7. The molecule has 0 saturated carbocycles. The second-order valence-electron chi connectivity index (χ2n) is 20.1. The largest absolute Gasteiger partial charge is 0.309 e. The van der Waals surface area contributed by atoms with Gasteiger partial charge in [-0.1, -0.05) is 169 Å². The van der Waals surface area contributed by atoms with Crippen LogP contribution in [0.4, 0.5) is 34.1 Å². The Bertz CT molecular complexity index is 4370. The van der Waals surface area contributed by atoms with Crippen LogP contribution in [0.25, 0.3) is 99.6 Å². The van der Waals surface area contributed by atoms with E-state index in [0.29, 0.717) is 22.1 Å². The van der Waals surface area contributed by atoms with Crippen LogP contribution in [0.2, 0.25) is 0 Å². The minimum atomic E-state index is 0.680. The van der Waals surface area contributed by atoms with Crippen molar-refractivity contribution < 1.29 is 0 Å². The summed E-state index contributed by atoms with van der Waals surface area (Å²) in [4.78, 5) is 16.4. The molecule has 0 fully saturated rings. The van der Waals surface area contributed by atoms with Crippen molar-refractivity contribution in [1.29, 1.82) is 0 Å². The first-order valence-corrected chi connectivity index (χ1v) is 27.3. The average molecular weight is 1030 g/mol. The summed E-state index contributed by atoms with van der Waals surface area (Å²) >= 11 is 1.20. The zero-order valence-electron chi connectivity index (χ0n) is 43.2. The summed E-state index contributed by atoms with van der Waals surface area (Å²) in [5.41, 5.74) is 20.6. The van der Waals surface area contributed by atoms with Gasteiger partial charge in [0.1, 0.15) is 33.4 Å². The Kier molecular flexibility index (Phi) is 11.0. The van der Waals surface area contributed by atoms with E-state index in [1.165, 1.54) is 33.3 Å². The molecular formula is C70H48N8S. The Hall–Kier alpha value is -10.2. The van der Waals surface area contributed by atoms with Gasteiger partial charge in [-0.15, -0.1) is 0 Å². The molecule has 11 aromatic carbocycles. The molecule has 9 heteroatoms. The van der Waals surface area contributed by atoms with Gasteiger partial charge in [-0.2, -0.15) is 8.75 Å². The van der Waals surface area contributed by atoms with Crippen molar-refractivity contribution in [2.75, 3.05) is 9.80 Å². The lowest BCUT2D eigenvalue weighted by atomic mass is 10.0. The summed E-state index contributed by atoms with van der Waals surface area (Å²) in [7, 11) is 0. The molecule has 0 N–H and O–H groups in total. The van der Waals surface area contributed by atoms with Gasteiger partial charge < -0.3 is 18.9 Å². The predicted octanol–water partition coefficient (Wildman–Crippen LogP) is 18.7. The van der Waals surface area contributed by atoms with Crippen molar-refractivity contribution in [2.45, 2.75) is 13.8 Å². The average Bonchev–Trinajstić information content (AvgIpc) is 4.43.